The highest BCUT2D eigenvalue weighted by Gasteiger charge is 2.32. The summed E-state index contributed by atoms with van der Waals surface area (Å²) in [6.45, 7) is 5.88. The fourth-order valence-corrected chi connectivity index (χ4v) is 2.93. The molecule has 6 heteroatoms. The van der Waals surface area contributed by atoms with E-state index in [1.54, 1.807) is 0 Å². The molecule has 1 atom stereocenters. The quantitative estimate of drug-likeness (QED) is 0.722. The van der Waals surface area contributed by atoms with Gasteiger partial charge in [-0.2, -0.15) is 0 Å². The summed E-state index contributed by atoms with van der Waals surface area (Å²) in [6, 6.07) is 13.0. The van der Waals surface area contributed by atoms with Gasteiger partial charge in [-0.1, -0.05) is 57.2 Å². The van der Waals surface area contributed by atoms with E-state index in [1.807, 2.05) is 51.1 Å². The first-order chi connectivity index (χ1) is 13.3. The van der Waals surface area contributed by atoms with Crippen LogP contribution in [0.1, 0.15) is 36.7 Å². The van der Waals surface area contributed by atoms with Crippen molar-refractivity contribution in [1.29, 1.82) is 0 Å². The summed E-state index contributed by atoms with van der Waals surface area (Å²) >= 11 is 0. The van der Waals surface area contributed by atoms with Gasteiger partial charge in [-0.05, 0) is 24.1 Å². The summed E-state index contributed by atoms with van der Waals surface area (Å²) < 4.78 is 33.6. The Kier molecular flexibility index (Phi) is 5.68. The van der Waals surface area contributed by atoms with Gasteiger partial charge in [0, 0.05) is 5.41 Å². The molecule has 4 nitrogen and oxygen atoms in total. The van der Waals surface area contributed by atoms with Crippen molar-refractivity contribution in [3.05, 3.63) is 71.3 Å². The van der Waals surface area contributed by atoms with Gasteiger partial charge in [-0.25, -0.2) is 18.8 Å². The summed E-state index contributed by atoms with van der Waals surface area (Å²) in [4.78, 5) is 21.1. The third kappa shape index (κ3) is 4.50. The first-order valence-electron chi connectivity index (χ1n) is 9.08. The van der Waals surface area contributed by atoms with E-state index in [4.69, 9.17) is 4.74 Å². The minimum absolute atomic E-state index is 0.106. The number of ether oxygens (including phenoxy) is 1. The van der Waals surface area contributed by atoms with Gasteiger partial charge in [0.05, 0.1) is 6.04 Å². The van der Waals surface area contributed by atoms with Crippen molar-refractivity contribution in [2.24, 2.45) is 15.4 Å². The Morgan fingerprint density at radius 1 is 1.11 bits per heavy atom. The molecule has 28 heavy (non-hydrogen) atoms. The van der Waals surface area contributed by atoms with E-state index >= 15 is 0 Å². The normalized spacial score (nSPS) is 17.2. The van der Waals surface area contributed by atoms with Gasteiger partial charge in [0.15, 0.2) is 0 Å². The molecule has 0 unspecified atom stereocenters. The van der Waals surface area contributed by atoms with E-state index in [0.717, 1.165) is 17.7 Å². The molecule has 0 spiro atoms. The molecule has 1 amide bonds. The molecule has 0 aromatic heterocycles. The number of nitrogens with zero attached hydrogens (tertiary/aromatic N) is 2. The number of carbonyl (C=O) groups is 1. The maximum absolute atomic E-state index is 13.9. The molecule has 2 aromatic carbocycles. The van der Waals surface area contributed by atoms with Crippen molar-refractivity contribution >= 4 is 17.5 Å². The van der Waals surface area contributed by atoms with Crippen LogP contribution in [0.25, 0.3) is 0 Å². The fourth-order valence-electron chi connectivity index (χ4n) is 2.93. The van der Waals surface area contributed by atoms with Crippen LogP contribution in [-0.4, -0.2) is 30.2 Å². The molecule has 1 aliphatic rings. The molecule has 0 bridgehead atoms. The molecule has 0 fully saturated rings. The van der Waals surface area contributed by atoms with E-state index in [2.05, 4.69) is 9.98 Å². The van der Waals surface area contributed by atoms with Crippen LogP contribution in [0.2, 0.25) is 0 Å². The Morgan fingerprint density at radius 2 is 1.75 bits per heavy atom. The first-order valence-corrected chi connectivity index (χ1v) is 9.08. The van der Waals surface area contributed by atoms with Crippen LogP contribution < -0.4 is 0 Å². The van der Waals surface area contributed by atoms with Crippen molar-refractivity contribution in [2.45, 2.75) is 33.2 Å². The second-order valence-electron chi connectivity index (χ2n) is 7.70. The monoisotopic (exact) mass is 384 g/mol. The molecular formula is C22H22F2N2O2. The Hall–Kier alpha value is -2.89. The fraction of sp³-hybridized carbons (Fsp3) is 0.318. The van der Waals surface area contributed by atoms with E-state index in [9.17, 15) is 13.6 Å². The van der Waals surface area contributed by atoms with Crippen molar-refractivity contribution in [3.8, 4) is 0 Å². The zero-order valence-electron chi connectivity index (χ0n) is 16.1. The van der Waals surface area contributed by atoms with Crippen LogP contribution in [0, 0.1) is 17.0 Å². The van der Waals surface area contributed by atoms with Crippen LogP contribution in [0.3, 0.4) is 0 Å². The molecule has 2 aromatic rings. The van der Waals surface area contributed by atoms with Crippen LogP contribution in [0.5, 0.6) is 0 Å². The van der Waals surface area contributed by atoms with Gasteiger partial charge in [0.25, 0.3) is 5.91 Å². The summed E-state index contributed by atoms with van der Waals surface area (Å²) in [7, 11) is 0. The minimum Gasteiger partial charge on any atom is -0.474 e. The molecular weight excluding hydrogens is 362 g/mol. The van der Waals surface area contributed by atoms with Gasteiger partial charge >= 0.3 is 0 Å². The number of benzene rings is 2. The van der Waals surface area contributed by atoms with Gasteiger partial charge in [-0.3, -0.25) is 4.79 Å². The van der Waals surface area contributed by atoms with E-state index < -0.39 is 28.5 Å². The topological polar surface area (TPSA) is 51.0 Å². The van der Waals surface area contributed by atoms with Crippen LogP contribution in [0.4, 0.5) is 8.78 Å². The average molecular weight is 384 g/mol. The summed E-state index contributed by atoms with van der Waals surface area (Å²) in [5, 5.41) is 0. The van der Waals surface area contributed by atoms with Crippen molar-refractivity contribution < 1.29 is 18.3 Å². The number of hydrogen-bond donors (Lipinski definition) is 0. The highest BCUT2D eigenvalue weighted by Crippen LogP contribution is 2.23. The molecule has 146 valence electrons. The Morgan fingerprint density at radius 3 is 2.36 bits per heavy atom. The predicted octanol–water partition coefficient (Wildman–Crippen LogP) is 4.63. The van der Waals surface area contributed by atoms with Gasteiger partial charge in [0.2, 0.25) is 5.90 Å². The maximum atomic E-state index is 13.9. The van der Waals surface area contributed by atoms with Crippen molar-refractivity contribution in [2.75, 3.05) is 6.61 Å². The molecule has 1 heterocycles. The first kappa shape index (κ1) is 19.9. The number of aliphatic imine (C=N–C) groups is 2. The lowest BCUT2D eigenvalue weighted by Crippen LogP contribution is -2.30. The minimum atomic E-state index is -0.988. The largest absolute Gasteiger partial charge is 0.474 e. The molecule has 1 aliphatic heterocycles. The lowest BCUT2D eigenvalue weighted by molar-refractivity contribution is 0.0993. The van der Waals surface area contributed by atoms with E-state index in [-0.39, 0.29) is 17.7 Å². The molecule has 0 saturated carbocycles. The third-order valence-electron chi connectivity index (χ3n) is 4.33. The lowest BCUT2D eigenvalue weighted by Gasteiger charge is -2.20. The predicted molar refractivity (Wildman–Crippen MR) is 105 cm³/mol. The Balaban J connectivity index is 1.90. The van der Waals surface area contributed by atoms with E-state index in [0.29, 0.717) is 13.0 Å². The van der Waals surface area contributed by atoms with Crippen molar-refractivity contribution in [3.63, 3.8) is 0 Å². The number of rotatable bonds is 4. The molecule has 0 radical (unpaired) electrons. The zero-order valence-corrected chi connectivity index (χ0v) is 16.1. The maximum Gasteiger partial charge on any atom is 0.283 e. The van der Waals surface area contributed by atoms with Crippen LogP contribution in [-0.2, 0) is 11.2 Å². The van der Waals surface area contributed by atoms with Gasteiger partial charge < -0.3 is 4.74 Å². The van der Waals surface area contributed by atoms with Gasteiger partial charge in [-0.15, -0.1) is 0 Å². The molecule has 0 aliphatic carbocycles. The standard InChI is InChI=1S/C22H22F2N2O2/c1-22(2,3)19(26-20(27)18-16(23)10-7-11-17(18)24)21-25-15(13-28-21)12-14-8-5-4-6-9-14/h4-11,15H,12-13H2,1-3H3/b26-19-/t15-/m0/s1. The number of carbonyl (C=O) groups excluding carboxylic acids is 1. The molecule has 0 N–H and O–H groups in total. The Labute approximate surface area is 163 Å². The second-order valence-corrected chi connectivity index (χ2v) is 7.70. The second kappa shape index (κ2) is 8.00. The lowest BCUT2D eigenvalue weighted by atomic mass is 9.89. The zero-order chi connectivity index (χ0) is 20.3. The van der Waals surface area contributed by atoms with Crippen LogP contribution >= 0.6 is 0 Å². The molecule has 3 rings (SSSR count). The number of halogens is 2. The number of amides is 1. The summed E-state index contributed by atoms with van der Waals surface area (Å²) in [6.07, 6.45) is 0.692. The van der Waals surface area contributed by atoms with Crippen molar-refractivity contribution in [1.82, 2.24) is 0 Å². The summed E-state index contributed by atoms with van der Waals surface area (Å²) in [5.74, 6) is -2.63. The highest BCUT2D eigenvalue weighted by molar-refractivity contribution is 6.42. The Bertz CT molecular complexity index is 911. The number of hydrogen-bond acceptors (Lipinski definition) is 3. The van der Waals surface area contributed by atoms with Gasteiger partial charge in [0.1, 0.15) is 29.5 Å². The highest BCUT2D eigenvalue weighted by atomic mass is 19.1. The third-order valence-corrected chi connectivity index (χ3v) is 4.33. The smallest absolute Gasteiger partial charge is 0.283 e. The van der Waals surface area contributed by atoms with E-state index in [1.165, 1.54) is 6.07 Å². The van der Waals surface area contributed by atoms with Crippen LogP contribution in [0.15, 0.2) is 58.5 Å². The summed E-state index contributed by atoms with van der Waals surface area (Å²) in [5.41, 5.74) is 0.122. The SMILES string of the molecule is CC(C)(C)/C(=N\C(=O)c1c(F)cccc1F)C1=N[C@@H](Cc2ccccc2)CO1. The average Bonchev–Trinajstić information content (AvgIpc) is 3.07. The molecule has 0 saturated heterocycles.